The van der Waals surface area contributed by atoms with Gasteiger partial charge in [-0.1, -0.05) is 77.8 Å². The maximum Gasteiger partial charge on any atom is 0.220 e. The Bertz CT molecular complexity index is 2070. The van der Waals surface area contributed by atoms with Crippen molar-refractivity contribution in [3.8, 4) is 39.4 Å². The number of aromatic nitrogens is 2. The minimum absolute atomic E-state index is 0.103. The fourth-order valence-electron chi connectivity index (χ4n) is 6.69. The van der Waals surface area contributed by atoms with Crippen LogP contribution in [0.25, 0.3) is 44.4 Å². The summed E-state index contributed by atoms with van der Waals surface area (Å²) in [6, 6.07) is 24.4. The highest BCUT2D eigenvalue weighted by Gasteiger charge is 2.22. The maximum absolute atomic E-state index is 11.5. The quantitative estimate of drug-likeness (QED) is 0.114. The Morgan fingerprint density at radius 1 is 0.780 bits per heavy atom. The number of benzene rings is 3. The van der Waals surface area contributed by atoms with Crippen LogP contribution >= 0.6 is 23.2 Å². The molecule has 2 aliphatic heterocycles. The third-order valence-electron chi connectivity index (χ3n) is 9.35. The van der Waals surface area contributed by atoms with Crippen molar-refractivity contribution in [2.24, 2.45) is 0 Å². The average molecular weight is 710 g/mol. The van der Waals surface area contributed by atoms with Crippen LogP contribution in [0.5, 0.6) is 5.88 Å². The highest BCUT2D eigenvalue weighted by Crippen LogP contribution is 2.42. The molecule has 3 aromatic carbocycles. The van der Waals surface area contributed by atoms with Gasteiger partial charge in [-0.05, 0) is 36.6 Å². The second-order valence-corrected chi connectivity index (χ2v) is 13.6. The third kappa shape index (κ3) is 7.46. The van der Waals surface area contributed by atoms with Gasteiger partial charge in [0.2, 0.25) is 17.7 Å². The Balaban J connectivity index is 1.08. The molecule has 5 aromatic rings. The van der Waals surface area contributed by atoms with Crippen molar-refractivity contribution in [1.82, 2.24) is 31.2 Å². The normalized spacial score (nSPS) is 17.3. The summed E-state index contributed by atoms with van der Waals surface area (Å²) in [5, 5.41) is 15.0. The van der Waals surface area contributed by atoms with Crippen molar-refractivity contribution in [3.63, 3.8) is 0 Å². The third-order valence-corrected chi connectivity index (χ3v) is 10.2. The fraction of sp³-hybridized carbons (Fsp3) is 0.282. The number of hydrogen-bond acceptors (Lipinski definition) is 7. The Morgan fingerprint density at radius 2 is 1.42 bits per heavy atom. The molecular formula is C39H38Cl2N6O3. The number of carbonyl (C=O) groups is 2. The first kappa shape index (κ1) is 33.9. The van der Waals surface area contributed by atoms with E-state index in [0.717, 1.165) is 69.2 Å². The molecule has 4 N–H and O–H groups in total. The molecule has 4 heterocycles. The summed E-state index contributed by atoms with van der Waals surface area (Å²) in [4.78, 5) is 32.6. The van der Waals surface area contributed by atoms with Crippen LogP contribution in [0.3, 0.4) is 0 Å². The van der Waals surface area contributed by atoms with E-state index < -0.39 is 0 Å². The molecule has 0 unspecified atom stereocenters. The molecule has 2 aliphatic rings. The lowest BCUT2D eigenvalue weighted by atomic mass is 9.96. The van der Waals surface area contributed by atoms with Gasteiger partial charge in [0.25, 0.3) is 0 Å². The second-order valence-electron chi connectivity index (χ2n) is 12.8. The zero-order chi connectivity index (χ0) is 34.6. The second kappa shape index (κ2) is 15.1. The Kier molecular flexibility index (Phi) is 10.3. The SMILES string of the molecule is COc1nc(-c2cccc(-c3cccc(-c4cnc5cc(CNC[C@@H]6CCC(=O)N6)ccc5c4)c3Cl)c2Cl)ccc1CNC[C@@H]1CCC(=O)N1. The number of pyridine rings is 2. The van der Waals surface area contributed by atoms with Crippen molar-refractivity contribution in [2.45, 2.75) is 50.9 Å². The van der Waals surface area contributed by atoms with E-state index in [1.54, 1.807) is 7.11 Å². The molecule has 11 heteroatoms. The molecule has 9 nitrogen and oxygen atoms in total. The van der Waals surface area contributed by atoms with Crippen LogP contribution in [0.4, 0.5) is 0 Å². The van der Waals surface area contributed by atoms with Gasteiger partial charge in [0.05, 0.1) is 28.4 Å². The van der Waals surface area contributed by atoms with Gasteiger partial charge in [0.15, 0.2) is 0 Å². The number of carbonyl (C=O) groups excluding carboxylic acids is 2. The van der Waals surface area contributed by atoms with E-state index in [2.05, 4.69) is 45.5 Å². The first-order valence-corrected chi connectivity index (χ1v) is 17.6. The molecule has 2 amide bonds. The zero-order valence-corrected chi connectivity index (χ0v) is 29.2. The molecule has 2 aromatic heterocycles. The van der Waals surface area contributed by atoms with Crippen LogP contribution in [0.2, 0.25) is 10.0 Å². The van der Waals surface area contributed by atoms with E-state index in [4.69, 9.17) is 37.9 Å². The van der Waals surface area contributed by atoms with Crippen LogP contribution < -0.4 is 26.0 Å². The summed E-state index contributed by atoms with van der Waals surface area (Å²) < 4.78 is 5.66. The smallest absolute Gasteiger partial charge is 0.220 e. The molecule has 0 spiro atoms. The number of hydrogen-bond donors (Lipinski definition) is 4. The largest absolute Gasteiger partial charge is 0.481 e. The van der Waals surface area contributed by atoms with Crippen molar-refractivity contribution < 1.29 is 14.3 Å². The molecule has 2 fully saturated rings. The molecule has 256 valence electrons. The molecule has 0 saturated carbocycles. The van der Waals surface area contributed by atoms with Gasteiger partial charge in [-0.3, -0.25) is 14.6 Å². The highest BCUT2D eigenvalue weighted by atomic mass is 35.5. The topological polar surface area (TPSA) is 117 Å². The van der Waals surface area contributed by atoms with Crippen LogP contribution in [0, 0.1) is 0 Å². The van der Waals surface area contributed by atoms with E-state index >= 15 is 0 Å². The van der Waals surface area contributed by atoms with E-state index in [1.807, 2.05) is 54.7 Å². The Morgan fingerprint density at radius 3 is 2.08 bits per heavy atom. The van der Waals surface area contributed by atoms with Gasteiger partial charge >= 0.3 is 0 Å². The van der Waals surface area contributed by atoms with Gasteiger partial charge in [-0.15, -0.1) is 0 Å². The lowest BCUT2D eigenvalue weighted by Crippen LogP contribution is -2.35. The molecular weight excluding hydrogens is 671 g/mol. The summed E-state index contributed by atoms with van der Waals surface area (Å²) in [5.74, 6) is 0.743. The van der Waals surface area contributed by atoms with Crippen molar-refractivity contribution in [3.05, 3.63) is 100 Å². The number of ether oxygens (including phenoxy) is 1. The highest BCUT2D eigenvalue weighted by molar-refractivity contribution is 6.39. The molecule has 0 bridgehead atoms. The predicted octanol–water partition coefficient (Wildman–Crippen LogP) is 6.68. The number of nitrogens with zero attached hydrogens (tertiary/aromatic N) is 2. The van der Waals surface area contributed by atoms with Crippen molar-refractivity contribution >= 4 is 45.9 Å². The van der Waals surface area contributed by atoms with E-state index in [9.17, 15) is 9.59 Å². The van der Waals surface area contributed by atoms with Crippen LogP contribution in [-0.2, 0) is 22.7 Å². The molecule has 7 rings (SSSR count). The first-order valence-electron chi connectivity index (χ1n) is 16.9. The van der Waals surface area contributed by atoms with Gasteiger partial charge in [0, 0.05) is 96.1 Å². The molecule has 0 radical (unpaired) electrons. The summed E-state index contributed by atoms with van der Waals surface area (Å²) in [6.45, 7) is 2.69. The standard InChI is InChI=1S/C39H38Cl2N6O3/c1-50-39-25(19-43-22-28-12-15-36(49)46-28)10-13-33(47-39)32-7-3-6-31(38(32)41)30-5-2-4-29(37(30)40)26-17-24-9-8-23(16-34(24)44-20-26)18-42-21-27-11-14-35(48)45-27/h2-10,13,16-17,20,27-28,42-43H,11-12,14-15,18-19,21-22H2,1H3,(H,45,48)(H,46,49)/t27-,28-/m0/s1. The summed E-state index contributed by atoms with van der Waals surface area (Å²) >= 11 is 14.2. The van der Waals surface area contributed by atoms with Gasteiger partial charge in [0.1, 0.15) is 0 Å². The Labute approximate surface area is 301 Å². The minimum Gasteiger partial charge on any atom is -0.481 e. The summed E-state index contributed by atoms with van der Waals surface area (Å²) in [5.41, 5.74) is 7.77. The first-order chi connectivity index (χ1) is 24.4. The van der Waals surface area contributed by atoms with Crippen LogP contribution in [-0.4, -0.2) is 54.1 Å². The van der Waals surface area contributed by atoms with Gasteiger partial charge < -0.3 is 26.0 Å². The number of rotatable bonds is 12. The lowest BCUT2D eigenvalue weighted by Gasteiger charge is -2.16. The van der Waals surface area contributed by atoms with Gasteiger partial charge in [-0.25, -0.2) is 4.98 Å². The summed E-state index contributed by atoms with van der Waals surface area (Å²) in [7, 11) is 1.61. The number of amides is 2. The van der Waals surface area contributed by atoms with Crippen molar-refractivity contribution in [2.75, 3.05) is 20.2 Å². The van der Waals surface area contributed by atoms with Crippen molar-refractivity contribution in [1.29, 1.82) is 0 Å². The average Bonchev–Trinajstić information content (AvgIpc) is 3.75. The number of fused-ring (bicyclic) bond motifs is 1. The number of methoxy groups -OCH3 is 1. The molecule has 0 aliphatic carbocycles. The van der Waals surface area contributed by atoms with Crippen LogP contribution in [0.1, 0.15) is 36.8 Å². The number of nitrogens with one attached hydrogen (secondary N) is 4. The zero-order valence-electron chi connectivity index (χ0n) is 27.7. The molecule has 2 saturated heterocycles. The van der Waals surface area contributed by atoms with E-state index in [-0.39, 0.29) is 23.9 Å². The van der Waals surface area contributed by atoms with E-state index in [0.29, 0.717) is 54.1 Å². The summed E-state index contributed by atoms with van der Waals surface area (Å²) in [6.07, 6.45) is 4.75. The monoisotopic (exact) mass is 708 g/mol. The van der Waals surface area contributed by atoms with Crippen LogP contribution in [0.15, 0.2) is 79.0 Å². The lowest BCUT2D eigenvalue weighted by molar-refractivity contribution is -0.120. The minimum atomic E-state index is 0.103. The fourth-order valence-corrected chi connectivity index (χ4v) is 7.35. The van der Waals surface area contributed by atoms with E-state index in [1.165, 1.54) is 0 Å². The molecule has 2 atom stereocenters. The van der Waals surface area contributed by atoms with Gasteiger partial charge in [-0.2, -0.15) is 0 Å². The number of halogens is 2. The Hall–Kier alpha value is -4.54. The predicted molar refractivity (Wildman–Crippen MR) is 198 cm³/mol. The molecule has 50 heavy (non-hydrogen) atoms. The maximum atomic E-state index is 11.5.